The van der Waals surface area contributed by atoms with Crippen molar-refractivity contribution >= 4 is 10.0 Å². The van der Waals surface area contributed by atoms with Crippen molar-refractivity contribution in [2.75, 3.05) is 12.4 Å². The highest BCUT2D eigenvalue weighted by atomic mass is 32.2. The zero-order chi connectivity index (χ0) is 9.73. The van der Waals surface area contributed by atoms with E-state index in [0.29, 0.717) is 5.75 Å². The molecule has 1 rings (SSSR count). The molecule has 0 bridgehead atoms. The molecule has 72 valence electrons. The van der Waals surface area contributed by atoms with E-state index in [1.54, 1.807) is 12.1 Å². The van der Waals surface area contributed by atoms with Gasteiger partial charge in [-0.3, -0.25) is 0 Å². The highest BCUT2D eigenvalue weighted by molar-refractivity contribution is 7.89. The lowest BCUT2D eigenvalue weighted by molar-refractivity contribution is 0.341. The second-order valence-electron chi connectivity index (χ2n) is 2.53. The van der Waals surface area contributed by atoms with Gasteiger partial charge in [-0.2, -0.15) is 0 Å². The molecule has 0 spiro atoms. The summed E-state index contributed by atoms with van der Waals surface area (Å²) in [6.45, 7) is 0.0862. The van der Waals surface area contributed by atoms with Gasteiger partial charge in [0.05, 0.1) is 5.75 Å². The minimum absolute atomic E-state index is 0.0862. The first kappa shape index (κ1) is 10.0. The number of benzene rings is 1. The van der Waals surface area contributed by atoms with Crippen LogP contribution in [0.3, 0.4) is 0 Å². The zero-order valence-corrected chi connectivity index (χ0v) is 7.83. The Labute approximate surface area is 77.4 Å². The van der Waals surface area contributed by atoms with Crippen molar-refractivity contribution < 1.29 is 13.2 Å². The lowest BCUT2D eigenvalue weighted by Gasteiger charge is -2.03. The van der Waals surface area contributed by atoms with Gasteiger partial charge in [0.1, 0.15) is 12.4 Å². The average molecular weight is 201 g/mol. The Bertz CT molecular complexity index is 347. The largest absolute Gasteiger partial charge is 0.492 e. The Hall–Kier alpha value is -1.07. The van der Waals surface area contributed by atoms with Crippen molar-refractivity contribution in [2.45, 2.75) is 0 Å². The number of rotatable bonds is 4. The molecule has 0 amide bonds. The Morgan fingerprint density at radius 1 is 1.23 bits per heavy atom. The van der Waals surface area contributed by atoms with Crippen LogP contribution in [0.1, 0.15) is 0 Å². The minimum Gasteiger partial charge on any atom is -0.492 e. The van der Waals surface area contributed by atoms with E-state index >= 15 is 0 Å². The summed E-state index contributed by atoms with van der Waals surface area (Å²) < 4.78 is 26.2. The molecule has 5 heteroatoms. The SMILES string of the molecule is NS(=O)(=O)CCOc1ccccc1. The monoisotopic (exact) mass is 201 g/mol. The van der Waals surface area contributed by atoms with E-state index in [4.69, 9.17) is 9.88 Å². The normalized spacial score (nSPS) is 11.2. The third-order valence-corrected chi connectivity index (χ3v) is 2.12. The molecule has 2 N–H and O–H groups in total. The van der Waals surface area contributed by atoms with Crippen molar-refractivity contribution in [3.05, 3.63) is 30.3 Å². The summed E-state index contributed by atoms with van der Waals surface area (Å²) >= 11 is 0. The first-order valence-electron chi connectivity index (χ1n) is 3.76. The Morgan fingerprint density at radius 2 is 1.85 bits per heavy atom. The topological polar surface area (TPSA) is 69.4 Å². The van der Waals surface area contributed by atoms with Crippen LogP contribution in [0.15, 0.2) is 30.3 Å². The quantitative estimate of drug-likeness (QED) is 0.764. The van der Waals surface area contributed by atoms with Crippen LogP contribution in [0.5, 0.6) is 5.75 Å². The molecule has 0 saturated carbocycles. The maximum absolute atomic E-state index is 10.5. The number of para-hydroxylation sites is 1. The third-order valence-electron chi connectivity index (χ3n) is 1.38. The first-order valence-corrected chi connectivity index (χ1v) is 5.48. The molecule has 0 heterocycles. The van der Waals surface area contributed by atoms with E-state index in [0.717, 1.165) is 0 Å². The first-order chi connectivity index (χ1) is 6.08. The molecule has 1 aromatic carbocycles. The molecule has 0 aliphatic heterocycles. The number of hydrogen-bond acceptors (Lipinski definition) is 3. The number of hydrogen-bond donors (Lipinski definition) is 1. The predicted molar refractivity (Wildman–Crippen MR) is 49.9 cm³/mol. The van der Waals surface area contributed by atoms with Gasteiger partial charge in [-0.05, 0) is 12.1 Å². The molecule has 1 aromatic rings. The van der Waals surface area contributed by atoms with Crippen LogP contribution in [0.2, 0.25) is 0 Å². The fourth-order valence-corrected chi connectivity index (χ4v) is 1.11. The van der Waals surface area contributed by atoms with E-state index in [1.165, 1.54) is 0 Å². The van der Waals surface area contributed by atoms with Crippen molar-refractivity contribution in [1.29, 1.82) is 0 Å². The number of primary sulfonamides is 1. The molecule has 0 fully saturated rings. The maximum atomic E-state index is 10.5. The molecule has 0 saturated heterocycles. The molecule has 0 aliphatic carbocycles. The van der Waals surface area contributed by atoms with Gasteiger partial charge in [0.2, 0.25) is 10.0 Å². The van der Waals surface area contributed by atoms with Gasteiger partial charge < -0.3 is 4.74 Å². The van der Waals surface area contributed by atoms with Gasteiger partial charge in [0.15, 0.2) is 0 Å². The van der Waals surface area contributed by atoms with Crippen LogP contribution >= 0.6 is 0 Å². The van der Waals surface area contributed by atoms with Crippen LogP contribution in [0.4, 0.5) is 0 Å². The third kappa shape index (κ3) is 4.49. The van der Waals surface area contributed by atoms with Crippen molar-refractivity contribution in [3.63, 3.8) is 0 Å². The van der Waals surface area contributed by atoms with Crippen LogP contribution in [0.25, 0.3) is 0 Å². The van der Waals surface area contributed by atoms with E-state index in [2.05, 4.69) is 0 Å². The summed E-state index contributed by atoms with van der Waals surface area (Å²) in [4.78, 5) is 0. The second-order valence-corrected chi connectivity index (χ2v) is 4.26. The second kappa shape index (κ2) is 4.25. The standard InChI is InChI=1S/C8H11NO3S/c9-13(10,11)7-6-12-8-4-2-1-3-5-8/h1-5H,6-7H2,(H2,9,10,11). The number of nitrogens with two attached hydrogens (primary N) is 1. The van der Waals surface area contributed by atoms with E-state index in [1.807, 2.05) is 18.2 Å². The van der Waals surface area contributed by atoms with Gasteiger partial charge >= 0.3 is 0 Å². The van der Waals surface area contributed by atoms with Crippen LogP contribution < -0.4 is 9.88 Å². The summed E-state index contributed by atoms with van der Waals surface area (Å²) in [5, 5.41) is 4.79. The fraction of sp³-hybridized carbons (Fsp3) is 0.250. The van der Waals surface area contributed by atoms with Crippen molar-refractivity contribution in [2.24, 2.45) is 5.14 Å². The molecule has 0 unspecified atom stereocenters. The summed E-state index contributed by atoms with van der Waals surface area (Å²) in [5.41, 5.74) is 0. The number of ether oxygens (including phenoxy) is 1. The van der Waals surface area contributed by atoms with Gasteiger partial charge in [0, 0.05) is 0 Å². The maximum Gasteiger partial charge on any atom is 0.212 e. The molecule has 0 radical (unpaired) electrons. The average Bonchev–Trinajstić information content (AvgIpc) is 2.04. The van der Waals surface area contributed by atoms with Gasteiger partial charge in [-0.1, -0.05) is 18.2 Å². The van der Waals surface area contributed by atoms with Gasteiger partial charge in [0.25, 0.3) is 0 Å². The Morgan fingerprint density at radius 3 is 2.38 bits per heavy atom. The summed E-state index contributed by atoms with van der Waals surface area (Å²) in [7, 11) is -3.42. The highest BCUT2D eigenvalue weighted by Crippen LogP contribution is 2.07. The van der Waals surface area contributed by atoms with Crippen LogP contribution in [-0.2, 0) is 10.0 Å². The van der Waals surface area contributed by atoms with Crippen molar-refractivity contribution in [3.8, 4) is 5.75 Å². The Balaban J connectivity index is 2.37. The molecule has 13 heavy (non-hydrogen) atoms. The number of sulfonamides is 1. The Kier molecular flexibility index (Phi) is 3.27. The molecule has 4 nitrogen and oxygen atoms in total. The predicted octanol–water partition coefficient (Wildman–Crippen LogP) is 0.354. The minimum atomic E-state index is -3.42. The van der Waals surface area contributed by atoms with E-state index < -0.39 is 10.0 Å². The zero-order valence-electron chi connectivity index (χ0n) is 7.01. The summed E-state index contributed by atoms with van der Waals surface area (Å²) in [5.74, 6) is 0.480. The molecule has 0 aliphatic rings. The summed E-state index contributed by atoms with van der Waals surface area (Å²) in [6.07, 6.45) is 0. The lowest BCUT2D eigenvalue weighted by Crippen LogP contribution is -2.21. The molecular formula is C8H11NO3S. The fourth-order valence-electron chi connectivity index (χ4n) is 0.792. The van der Waals surface area contributed by atoms with Gasteiger partial charge in [-0.15, -0.1) is 0 Å². The van der Waals surface area contributed by atoms with E-state index in [9.17, 15) is 8.42 Å². The smallest absolute Gasteiger partial charge is 0.212 e. The van der Waals surface area contributed by atoms with Crippen LogP contribution in [-0.4, -0.2) is 20.8 Å². The van der Waals surface area contributed by atoms with Crippen molar-refractivity contribution in [1.82, 2.24) is 0 Å². The summed E-state index contributed by atoms with van der Waals surface area (Å²) in [6, 6.07) is 8.98. The highest BCUT2D eigenvalue weighted by Gasteiger charge is 2.01. The molecular weight excluding hydrogens is 190 g/mol. The lowest BCUT2D eigenvalue weighted by atomic mass is 10.3. The molecule has 0 aromatic heterocycles. The van der Waals surface area contributed by atoms with E-state index in [-0.39, 0.29) is 12.4 Å². The van der Waals surface area contributed by atoms with Crippen LogP contribution in [0, 0.1) is 0 Å². The molecule has 0 atom stereocenters. The van der Waals surface area contributed by atoms with Gasteiger partial charge in [-0.25, -0.2) is 13.6 Å².